The molecule has 0 aromatic carbocycles. The lowest BCUT2D eigenvalue weighted by Gasteiger charge is -1.86. The van der Waals surface area contributed by atoms with Crippen molar-refractivity contribution in [2.24, 2.45) is 5.73 Å². The zero-order valence-corrected chi connectivity index (χ0v) is 6.97. The highest BCUT2D eigenvalue weighted by molar-refractivity contribution is 9.10. The zero-order chi connectivity index (χ0) is 7.14. The fourth-order valence-corrected chi connectivity index (χ4v) is 1.38. The molecule has 3 heteroatoms. The van der Waals surface area contributed by atoms with Crippen molar-refractivity contribution in [1.82, 2.24) is 0 Å². The molecule has 1 aromatic rings. The third-order valence-corrected chi connectivity index (χ3v) is 2.21. The van der Waals surface area contributed by atoms with Gasteiger partial charge in [0, 0.05) is 12.0 Å². The standard InChI is InChI=1S/C7H8BrNO/c8-4-1-7(10-3-4)5-2-6(5)9/h1,3,5-6H,2,9H2. The summed E-state index contributed by atoms with van der Waals surface area (Å²) in [5.41, 5.74) is 5.63. The lowest BCUT2D eigenvalue weighted by atomic mass is 10.3. The molecule has 0 amide bonds. The highest BCUT2D eigenvalue weighted by Gasteiger charge is 2.37. The first kappa shape index (κ1) is 6.43. The van der Waals surface area contributed by atoms with Crippen LogP contribution in [0.15, 0.2) is 21.2 Å². The molecule has 0 radical (unpaired) electrons. The summed E-state index contributed by atoms with van der Waals surface area (Å²) in [6.07, 6.45) is 2.76. The summed E-state index contributed by atoms with van der Waals surface area (Å²) < 4.78 is 6.23. The van der Waals surface area contributed by atoms with Crippen molar-refractivity contribution in [3.63, 3.8) is 0 Å². The third-order valence-electron chi connectivity index (χ3n) is 1.79. The van der Waals surface area contributed by atoms with E-state index in [9.17, 15) is 0 Å². The Morgan fingerprint density at radius 1 is 1.70 bits per heavy atom. The first-order valence-corrected chi connectivity index (χ1v) is 4.06. The largest absolute Gasteiger partial charge is 0.468 e. The van der Waals surface area contributed by atoms with Crippen LogP contribution in [0.4, 0.5) is 0 Å². The van der Waals surface area contributed by atoms with Crippen LogP contribution in [0.5, 0.6) is 0 Å². The van der Waals surface area contributed by atoms with Crippen molar-refractivity contribution < 1.29 is 4.42 Å². The lowest BCUT2D eigenvalue weighted by Crippen LogP contribution is -1.99. The average molecular weight is 202 g/mol. The van der Waals surface area contributed by atoms with Gasteiger partial charge in [0.2, 0.25) is 0 Å². The number of hydrogen-bond acceptors (Lipinski definition) is 2. The summed E-state index contributed by atoms with van der Waals surface area (Å²) in [5, 5.41) is 0. The van der Waals surface area contributed by atoms with E-state index in [-0.39, 0.29) is 0 Å². The van der Waals surface area contributed by atoms with E-state index in [1.807, 2.05) is 6.07 Å². The van der Waals surface area contributed by atoms with Crippen LogP contribution in [0.1, 0.15) is 18.1 Å². The van der Waals surface area contributed by atoms with Crippen LogP contribution in [0.3, 0.4) is 0 Å². The predicted octanol–water partition coefficient (Wildman–Crippen LogP) is 1.86. The normalized spacial score (nSPS) is 30.6. The Bertz CT molecular complexity index is 246. The maximum absolute atomic E-state index is 5.63. The molecular formula is C7H8BrNO. The molecule has 1 aliphatic carbocycles. The van der Waals surface area contributed by atoms with Crippen molar-refractivity contribution in [2.45, 2.75) is 18.4 Å². The van der Waals surface area contributed by atoms with E-state index < -0.39 is 0 Å². The van der Waals surface area contributed by atoms with Crippen LogP contribution < -0.4 is 5.73 Å². The minimum absolute atomic E-state index is 0.332. The molecule has 1 saturated carbocycles. The fraction of sp³-hybridized carbons (Fsp3) is 0.429. The van der Waals surface area contributed by atoms with E-state index in [1.165, 1.54) is 0 Å². The molecule has 2 nitrogen and oxygen atoms in total. The van der Waals surface area contributed by atoms with Gasteiger partial charge in [0.05, 0.1) is 4.47 Å². The number of rotatable bonds is 1. The first-order chi connectivity index (χ1) is 4.77. The Morgan fingerprint density at radius 3 is 2.80 bits per heavy atom. The SMILES string of the molecule is NC1CC1c1cc(Br)co1. The molecule has 1 aromatic heterocycles. The monoisotopic (exact) mass is 201 g/mol. The molecule has 2 N–H and O–H groups in total. The summed E-state index contributed by atoms with van der Waals surface area (Å²) in [4.78, 5) is 0. The topological polar surface area (TPSA) is 39.2 Å². The molecule has 1 fully saturated rings. The van der Waals surface area contributed by atoms with Gasteiger partial charge in [-0.05, 0) is 28.4 Å². The first-order valence-electron chi connectivity index (χ1n) is 3.27. The second kappa shape index (κ2) is 2.10. The molecule has 1 aliphatic rings. The molecule has 0 saturated heterocycles. The number of nitrogens with two attached hydrogens (primary N) is 1. The van der Waals surface area contributed by atoms with Gasteiger partial charge in [-0.25, -0.2) is 0 Å². The number of hydrogen-bond donors (Lipinski definition) is 1. The Labute approximate surface area is 67.5 Å². The highest BCUT2D eigenvalue weighted by atomic mass is 79.9. The van der Waals surface area contributed by atoms with Gasteiger partial charge in [-0.1, -0.05) is 0 Å². The van der Waals surface area contributed by atoms with Crippen LogP contribution in [0, 0.1) is 0 Å². The van der Waals surface area contributed by atoms with Crippen LogP contribution in [-0.2, 0) is 0 Å². The summed E-state index contributed by atoms with van der Waals surface area (Å²) >= 11 is 3.31. The van der Waals surface area contributed by atoms with Crippen molar-refractivity contribution in [3.8, 4) is 0 Å². The molecule has 54 valence electrons. The Balaban J connectivity index is 2.20. The number of furan rings is 1. The average Bonchev–Trinajstić information content (AvgIpc) is 2.42. The van der Waals surface area contributed by atoms with Crippen molar-refractivity contribution >= 4 is 15.9 Å². The number of halogens is 1. The van der Waals surface area contributed by atoms with Crippen LogP contribution >= 0.6 is 15.9 Å². The van der Waals surface area contributed by atoms with Gasteiger partial charge < -0.3 is 10.2 Å². The summed E-state index contributed by atoms with van der Waals surface area (Å²) in [7, 11) is 0. The van der Waals surface area contributed by atoms with E-state index in [2.05, 4.69) is 15.9 Å². The molecule has 2 atom stereocenters. The Kier molecular flexibility index (Phi) is 1.35. The van der Waals surface area contributed by atoms with E-state index in [0.717, 1.165) is 16.7 Å². The summed E-state index contributed by atoms with van der Waals surface area (Å²) in [5.74, 6) is 1.49. The molecule has 0 spiro atoms. The second-order valence-corrected chi connectivity index (χ2v) is 3.59. The lowest BCUT2D eigenvalue weighted by molar-refractivity contribution is 0.508. The second-order valence-electron chi connectivity index (χ2n) is 2.67. The zero-order valence-electron chi connectivity index (χ0n) is 5.38. The van der Waals surface area contributed by atoms with Gasteiger partial charge in [0.25, 0.3) is 0 Å². The van der Waals surface area contributed by atoms with Gasteiger partial charge in [-0.3, -0.25) is 0 Å². The van der Waals surface area contributed by atoms with Gasteiger partial charge in [-0.15, -0.1) is 0 Å². The molecule has 1 heterocycles. The molecule has 0 bridgehead atoms. The molecule has 0 aliphatic heterocycles. The minimum Gasteiger partial charge on any atom is -0.468 e. The van der Waals surface area contributed by atoms with E-state index in [0.29, 0.717) is 12.0 Å². The maximum atomic E-state index is 5.63. The molecule has 2 rings (SSSR count). The Morgan fingerprint density at radius 2 is 2.40 bits per heavy atom. The maximum Gasteiger partial charge on any atom is 0.109 e. The summed E-state index contributed by atoms with van der Waals surface area (Å²) in [6.45, 7) is 0. The Hall–Kier alpha value is -0.280. The van der Waals surface area contributed by atoms with Crippen molar-refractivity contribution in [3.05, 3.63) is 22.6 Å². The van der Waals surface area contributed by atoms with E-state index >= 15 is 0 Å². The summed E-state index contributed by atoms with van der Waals surface area (Å²) in [6, 6.07) is 2.32. The minimum atomic E-state index is 0.332. The van der Waals surface area contributed by atoms with Gasteiger partial charge in [-0.2, -0.15) is 0 Å². The van der Waals surface area contributed by atoms with Crippen LogP contribution in [0.25, 0.3) is 0 Å². The van der Waals surface area contributed by atoms with Crippen molar-refractivity contribution in [1.29, 1.82) is 0 Å². The third kappa shape index (κ3) is 0.995. The smallest absolute Gasteiger partial charge is 0.109 e. The van der Waals surface area contributed by atoms with Gasteiger partial charge in [0.1, 0.15) is 12.0 Å². The van der Waals surface area contributed by atoms with E-state index in [1.54, 1.807) is 6.26 Å². The van der Waals surface area contributed by atoms with Crippen molar-refractivity contribution in [2.75, 3.05) is 0 Å². The van der Waals surface area contributed by atoms with E-state index in [4.69, 9.17) is 10.2 Å². The highest BCUT2D eigenvalue weighted by Crippen LogP contribution is 2.40. The fourth-order valence-electron chi connectivity index (χ4n) is 1.06. The quantitative estimate of drug-likeness (QED) is 0.754. The molecule has 10 heavy (non-hydrogen) atoms. The molecule has 2 unspecified atom stereocenters. The predicted molar refractivity (Wildman–Crippen MR) is 41.7 cm³/mol. The molecular weight excluding hydrogens is 194 g/mol. The van der Waals surface area contributed by atoms with Gasteiger partial charge >= 0.3 is 0 Å². The van der Waals surface area contributed by atoms with Crippen LogP contribution in [-0.4, -0.2) is 6.04 Å². The van der Waals surface area contributed by atoms with Gasteiger partial charge in [0.15, 0.2) is 0 Å². The van der Waals surface area contributed by atoms with Crippen LogP contribution in [0.2, 0.25) is 0 Å².